The highest BCUT2D eigenvalue weighted by Crippen LogP contribution is 2.21. The Kier molecular flexibility index (Phi) is 6.08. The second kappa shape index (κ2) is 9.20. The zero-order chi connectivity index (χ0) is 24.7. The molecule has 0 atom stereocenters. The normalized spacial score (nSPS) is 14.7. The zero-order valence-electron chi connectivity index (χ0n) is 19.5. The average Bonchev–Trinajstić information content (AvgIpc) is 3.52. The number of carbonyl (C=O) groups excluding carboxylic acids is 1. The van der Waals surface area contributed by atoms with Crippen molar-refractivity contribution in [2.24, 2.45) is 14.1 Å². The fourth-order valence-electron chi connectivity index (χ4n) is 4.44. The van der Waals surface area contributed by atoms with Gasteiger partial charge in [-0.15, -0.1) is 0 Å². The number of fused-ring (bicyclic) bond motifs is 1. The Labute approximate surface area is 205 Å². The fraction of sp³-hybridized carbons (Fsp3) is 0.333. The molecule has 10 nitrogen and oxygen atoms in total. The molecule has 0 aliphatic carbocycles. The highest BCUT2D eigenvalue weighted by molar-refractivity contribution is 6.31. The van der Waals surface area contributed by atoms with Crippen LogP contribution in [0.2, 0.25) is 5.02 Å². The summed E-state index contributed by atoms with van der Waals surface area (Å²) in [5.74, 6) is 0.861. The van der Waals surface area contributed by atoms with Crippen LogP contribution in [0.1, 0.15) is 21.9 Å². The van der Waals surface area contributed by atoms with Crippen LogP contribution in [0.3, 0.4) is 0 Å². The topological polar surface area (TPSA) is 98.5 Å². The lowest BCUT2D eigenvalue weighted by Gasteiger charge is -2.34. The van der Waals surface area contributed by atoms with E-state index < -0.39 is 11.2 Å². The van der Waals surface area contributed by atoms with Crippen molar-refractivity contribution in [3.05, 3.63) is 85.7 Å². The van der Waals surface area contributed by atoms with E-state index >= 15 is 0 Å². The maximum atomic E-state index is 13.1. The largest absolute Gasteiger partial charge is 0.459 e. The quantitative estimate of drug-likeness (QED) is 0.417. The summed E-state index contributed by atoms with van der Waals surface area (Å²) in [7, 11) is 3.08. The third-order valence-corrected chi connectivity index (χ3v) is 6.84. The molecule has 5 rings (SSSR count). The van der Waals surface area contributed by atoms with E-state index in [2.05, 4.69) is 4.90 Å². The molecule has 0 unspecified atom stereocenters. The first-order valence-corrected chi connectivity index (χ1v) is 11.7. The molecule has 1 aliphatic heterocycles. The van der Waals surface area contributed by atoms with Crippen molar-refractivity contribution < 1.29 is 9.21 Å². The van der Waals surface area contributed by atoms with E-state index in [-0.39, 0.29) is 5.91 Å². The summed E-state index contributed by atoms with van der Waals surface area (Å²) >= 11 is 6.42. The molecule has 182 valence electrons. The van der Waals surface area contributed by atoms with Gasteiger partial charge in [0.05, 0.1) is 19.4 Å². The molecule has 11 heteroatoms. The second-order valence-electron chi connectivity index (χ2n) is 8.63. The van der Waals surface area contributed by atoms with Crippen LogP contribution in [0.25, 0.3) is 11.2 Å². The number of aryl methyl sites for hydroxylation is 1. The van der Waals surface area contributed by atoms with Gasteiger partial charge in [0.25, 0.3) is 11.5 Å². The molecule has 0 bridgehead atoms. The molecule has 1 amide bonds. The lowest BCUT2D eigenvalue weighted by Crippen LogP contribution is -2.48. The van der Waals surface area contributed by atoms with Crippen molar-refractivity contribution in [2.45, 2.75) is 13.1 Å². The molecular weight excluding hydrogens is 472 g/mol. The van der Waals surface area contributed by atoms with E-state index in [1.54, 1.807) is 30.1 Å². The summed E-state index contributed by atoms with van der Waals surface area (Å²) in [4.78, 5) is 46.9. The van der Waals surface area contributed by atoms with Crippen molar-refractivity contribution >= 4 is 28.7 Å². The molecule has 3 aromatic heterocycles. The summed E-state index contributed by atoms with van der Waals surface area (Å²) in [5.41, 5.74) is 0.715. The summed E-state index contributed by atoms with van der Waals surface area (Å²) in [6, 6.07) is 10.8. The van der Waals surface area contributed by atoms with Crippen molar-refractivity contribution in [1.29, 1.82) is 0 Å². The number of furan rings is 1. The van der Waals surface area contributed by atoms with E-state index in [9.17, 15) is 14.4 Å². The summed E-state index contributed by atoms with van der Waals surface area (Å²) < 4.78 is 9.57. The molecule has 1 fully saturated rings. The Balaban J connectivity index is 1.47. The Morgan fingerprint density at radius 3 is 2.43 bits per heavy atom. The monoisotopic (exact) mass is 496 g/mol. The molecule has 1 saturated heterocycles. The molecule has 4 aromatic rings. The number of benzene rings is 1. The number of hydrogen-bond acceptors (Lipinski definition) is 6. The maximum Gasteiger partial charge on any atom is 0.332 e. The van der Waals surface area contributed by atoms with Crippen molar-refractivity contribution in [3.8, 4) is 0 Å². The number of piperazine rings is 1. The predicted octanol–water partition coefficient (Wildman–Crippen LogP) is 1.69. The van der Waals surface area contributed by atoms with Gasteiger partial charge in [-0.3, -0.25) is 23.6 Å². The van der Waals surface area contributed by atoms with Gasteiger partial charge in [-0.25, -0.2) is 9.78 Å². The Hall–Kier alpha value is -3.63. The molecule has 35 heavy (non-hydrogen) atoms. The zero-order valence-corrected chi connectivity index (χ0v) is 20.2. The number of rotatable bonds is 5. The molecule has 0 radical (unpaired) electrons. The van der Waals surface area contributed by atoms with Gasteiger partial charge in [0, 0.05) is 45.3 Å². The highest BCUT2D eigenvalue weighted by atomic mass is 35.5. The van der Waals surface area contributed by atoms with Crippen LogP contribution in [-0.4, -0.2) is 60.6 Å². The van der Waals surface area contributed by atoms with E-state index in [1.807, 2.05) is 22.8 Å². The number of imidazole rings is 1. The first-order valence-electron chi connectivity index (χ1n) is 11.3. The van der Waals surface area contributed by atoms with E-state index in [0.717, 1.165) is 10.1 Å². The molecule has 1 aliphatic rings. The summed E-state index contributed by atoms with van der Waals surface area (Å²) in [6.07, 6.45) is 1.49. The number of aromatic nitrogens is 4. The molecule has 4 heterocycles. The number of amides is 1. The molecule has 0 saturated carbocycles. The molecule has 1 aromatic carbocycles. The first-order chi connectivity index (χ1) is 16.8. The summed E-state index contributed by atoms with van der Waals surface area (Å²) in [5, 5.41) is 0.590. The van der Waals surface area contributed by atoms with Gasteiger partial charge in [-0.05, 0) is 23.8 Å². The number of hydrogen-bond donors (Lipinski definition) is 0. The van der Waals surface area contributed by atoms with Gasteiger partial charge in [0.2, 0.25) is 0 Å². The highest BCUT2D eigenvalue weighted by Gasteiger charge is 2.26. The third-order valence-electron chi connectivity index (χ3n) is 6.47. The Bertz CT molecular complexity index is 1510. The molecule has 0 N–H and O–H groups in total. The minimum Gasteiger partial charge on any atom is -0.459 e. The van der Waals surface area contributed by atoms with Crippen LogP contribution in [0.5, 0.6) is 0 Å². The van der Waals surface area contributed by atoms with E-state index in [4.69, 9.17) is 21.0 Å². The minimum atomic E-state index is -0.429. The van der Waals surface area contributed by atoms with Crippen LogP contribution in [0, 0.1) is 0 Å². The molecular formula is C24H25ClN6O4. The van der Waals surface area contributed by atoms with Gasteiger partial charge >= 0.3 is 5.69 Å². The van der Waals surface area contributed by atoms with Crippen LogP contribution in [0.15, 0.2) is 56.7 Å². The number of nitrogens with zero attached hydrogens (tertiary/aromatic N) is 6. The van der Waals surface area contributed by atoms with Crippen LogP contribution in [0.4, 0.5) is 0 Å². The second-order valence-corrected chi connectivity index (χ2v) is 9.04. The van der Waals surface area contributed by atoms with Gasteiger partial charge in [0.15, 0.2) is 16.9 Å². The Morgan fingerprint density at radius 2 is 1.74 bits per heavy atom. The predicted molar refractivity (Wildman–Crippen MR) is 131 cm³/mol. The minimum absolute atomic E-state index is 0.126. The smallest absolute Gasteiger partial charge is 0.332 e. The summed E-state index contributed by atoms with van der Waals surface area (Å²) in [6.45, 7) is 3.17. The van der Waals surface area contributed by atoms with E-state index in [0.29, 0.717) is 67.0 Å². The molecule has 0 spiro atoms. The van der Waals surface area contributed by atoms with Gasteiger partial charge in [-0.1, -0.05) is 29.8 Å². The van der Waals surface area contributed by atoms with Gasteiger partial charge < -0.3 is 13.9 Å². The van der Waals surface area contributed by atoms with Crippen LogP contribution in [-0.2, 0) is 27.2 Å². The lowest BCUT2D eigenvalue weighted by molar-refractivity contribution is 0.0594. The van der Waals surface area contributed by atoms with E-state index in [1.165, 1.54) is 17.9 Å². The van der Waals surface area contributed by atoms with Gasteiger partial charge in [0.1, 0.15) is 5.82 Å². The van der Waals surface area contributed by atoms with Gasteiger partial charge in [-0.2, -0.15) is 0 Å². The lowest BCUT2D eigenvalue weighted by atomic mass is 10.2. The number of carbonyl (C=O) groups is 1. The fourth-order valence-corrected chi connectivity index (χ4v) is 4.64. The third kappa shape index (κ3) is 4.19. The van der Waals surface area contributed by atoms with Crippen molar-refractivity contribution in [3.63, 3.8) is 0 Å². The number of halogens is 1. The van der Waals surface area contributed by atoms with Crippen LogP contribution < -0.4 is 11.2 Å². The maximum absolute atomic E-state index is 13.1. The Morgan fingerprint density at radius 1 is 1.00 bits per heavy atom. The van der Waals surface area contributed by atoms with Crippen molar-refractivity contribution in [1.82, 2.24) is 28.5 Å². The van der Waals surface area contributed by atoms with Crippen LogP contribution >= 0.6 is 11.6 Å². The average molecular weight is 497 g/mol. The SMILES string of the molecule is Cn1c(=O)c2c(nc(CN3CCN(C(=O)c4ccco4)CC3)n2Cc2ccccc2Cl)n(C)c1=O. The first kappa shape index (κ1) is 23.1. The standard InChI is InChI=1S/C24H25ClN6O4/c1-27-21-20(23(33)28(2)24(27)34)31(14-16-6-3-4-7-17(16)25)19(26-21)15-29-9-11-30(12-10-29)22(32)18-8-5-13-35-18/h3-8,13H,9-12,14-15H2,1-2H3. The van der Waals surface area contributed by atoms with Crippen molar-refractivity contribution in [2.75, 3.05) is 26.2 Å².